The number of nitrogens with zero attached hydrogens (tertiary/aromatic N) is 1. The molecule has 0 aliphatic heterocycles. The minimum Gasteiger partial charge on any atom is -0.467 e. The van der Waals surface area contributed by atoms with Gasteiger partial charge in [-0.05, 0) is 38.8 Å². The predicted octanol–water partition coefficient (Wildman–Crippen LogP) is 1.27. The van der Waals surface area contributed by atoms with Gasteiger partial charge in [-0.2, -0.15) is 0 Å². The maximum absolute atomic E-state index is 11.8. The van der Waals surface area contributed by atoms with Crippen LogP contribution in [0.5, 0.6) is 0 Å². The molecule has 0 spiro atoms. The molecule has 1 rings (SSSR count). The molecular weight excluding hydrogens is 296 g/mol. The van der Waals surface area contributed by atoms with Crippen molar-refractivity contribution >= 4 is 11.9 Å². The Balaban J connectivity index is 2.22. The van der Waals surface area contributed by atoms with E-state index in [4.69, 9.17) is 9.15 Å². The summed E-state index contributed by atoms with van der Waals surface area (Å²) in [7, 11) is 0. The van der Waals surface area contributed by atoms with E-state index in [0.717, 1.165) is 44.9 Å². The number of aliphatic imine (C=N–C) groups is 1. The van der Waals surface area contributed by atoms with Crippen molar-refractivity contribution in [2.75, 3.05) is 32.8 Å². The molecule has 0 aliphatic rings. The van der Waals surface area contributed by atoms with E-state index in [0.29, 0.717) is 12.5 Å². The van der Waals surface area contributed by atoms with Crippen LogP contribution in [0.25, 0.3) is 0 Å². The number of unbranched alkanes of at least 4 members (excludes halogenated alkanes) is 1. The number of rotatable bonds is 11. The number of carbonyl (C=O) groups is 1. The number of guanidine groups is 1. The van der Waals surface area contributed by atoms with Crippen molar-refractivity contribution in [3.05, 3.63) is 24.2 Å². The summed E-state index contributed by atoms with van der Waals surface area (Å²) in [6.45, 7) is 7.52. The maximum Gasteiger partial charge on any atom is 0.242 e. The molecule has 3 N–H and O–H groups in total. The molecule has 0 saturated carbocycles. The first-order valence-electron chi connectivity index (χ1n) is 8.15. The molecule has 0 aromatic carbocycles. The van der Waals surface area contributed by atoms with Gasteiger partial charge in [-0.25, -0.2) is 4.99 Å². The first-order chi connectivity index (χ1) is 11.3. The molecule has 1 aromatic heterocycles. The van der Waals surface area contributed by atoms with Crippen molar-refractivity contribution in [3.8, 4) is 0 Å². The van der Waals surface area contributed by atoms with Crippen molar-refractivity contribution in [1.29, 1.82) is 0 Å². The zero-order valence-electron chi connectivity index (χ0n) is 14.1. The third kappa shape index (κ3) is 9.57. The smallest absolute Gasteiger partial charge is 0.242 e. The highest BCUT2D eigenvalue weighted by atomic mass is 16.5. The molecule has 0 fully saturated rings. The van der Waals surface area contributed by atoms with E-state index in [9.17, 15) is 4.79 Å². The zero-order valence-corrected chi connectivity index (χ0v) is 14.1. The number of hydrogen-bond donors (Lipinski definition) is 3. The number of amides is 1. The van der Waals surface area contributed by atoms with E-state index >= 15 is 0 Å². The zero-order chi connectivity index (χ0) is 16.8. The maximum atomic E-state index is 11.8. The predicted molar refractivity (Wildman–Crippen MR) is 90.3 cm³/mol. The van der Waals surface area contributed by atoms with Gasteiger partial charge in [0.05, 0.1) is 12.8 Å². The van der Waals surface area contributed by atoms with Crippen LogP contribution in [0.2, 0.25) is 0 Å². The standard InChI is InChI=1S/C16H28N4O3/c1-3-17-16(18-9-5-6-10-22-4-2)20-13-15(21)19-12-14-8-7-11-23-14/h7-8,11H,3-6,9-10,12-13H2,1-2H3,(H,19,21)(H2,17,18,20). The fraction of sp³-hybridized carbons (Fsp3) is 0.625. The Morgan fingerprint density at radius 3 is 2.83 bits per heavy atom. The molecule has 0 unspecified atom stereocenters. The fourth-order valence-electron chi connectivity index (χ4n) is 1.83. The summed E-state index contributed by atoms with van der Waals surface area (Å²) < 4.78 is 10.4. The minimum atomic E-state index is -0.144. The summed E-state index contributed by atoms with van der Waals surface area (Å²) in [5, 5.41) is 9.09. The molecule has 7 heteroatoms. The highest BCUT2D eigenvalue weighted by molar-refractivity contribution is 5.84. The second kappa shape index (κ2) is 12.5. The Kier molecular flexibility index (Phi) is 10.4. The molecule has 1 amide bonds. The average molecular weight is 324 g/mol. The first kappa shape index (κ1) is 19.0. The van der Waals surface area contributed by atoms with Crippen LogP contribution in [0.15, 0.2) is 27.8 Å². The highest BCUT2D eigenvalue weighted by Crippen LogP contribution is 1.98. The van der Waals surface area contributed by atoms with Crippen LogP contribution in [0.3, 0.4) is 0 Å². The third-order valence-electron chi connectivity index (χ3n) is 2.98. The molecule has 0 atom stereocenters. The topological polar surface area (TPSA) is 87.9 Å². The highest BCUT2D eigenvalue weighted by Gasteiger charge is 2.03. The molecule has 0 saturated heterocycles. The summed E-state index contributed by atoms with van der Waals surface area (Å²) in [5.41, 5.74) is 0. The van der Waals surface area contributed by atoms with E-state index in [1.165, 1.54) is 0 Å². The van der Waals surface area contributed by atoms with Gasteiger partial charge in [-0.3, -0.25) is 4.79 Å². The SMILES string of the molecule is CCNC(=NCC(=O)NCc1ccco1)NCCCCOCC. The van der Waals surface area contributed by atoms with Gasteiger partial charge in [0.1, 0.15) is 12.3 Å². The Hall–Kier alpha value is -2.02. The van der Waals surface area contributed by atoms with Gasteiger partial charge in [0, 0.05) is 26.3 Å². The molecule has 1 heterocycles. The number of furan rings is 1. The van der Waals surface area contributed by atoms with E-state index in [-0.39, 0.29) is 12.5 Å². The van der Waals surface area contributed by atoms with Gasteiger partial charge >= 0.3 is 0 Å². The second-order valence-corrected chi connectivity index (χ2v) is 4.88. The van der Waals surface area contributed by atoms with E-state index in [1.54, 1.807) is 12.3 Å². The second-order valence-electron chi connectivity index (χ2n) is 4.88. The lowest BCUT2D eigenvalue weighted by atomic mass is 10.3. The number of hydrogen-bond acceptors (Lipinski definition) is 4. The Morgan fingerprint density at radius 1 is 1.26 bits per heavy atom. The monoisotopic (exact) mass is 324 g/mol. The van der Waals surface area contributed by atoms with E-state index in [1.807, 2.05) is 19.9 Å². The van der Waals surface area contributed by atoms with Crippen molar-refractivity contribution < 1.29 is 13.9 Å². The number of nitrogens with one attached hydrogen (secondary N) is 3. The third-order valence-corrected chi connectivity index (χ3v) is 2.98. The lowest BCUT2D eigenvalue weighted by Gasteiger charge is -2.11. The van der Waals surface area contributed by atoms with Gasteiger partial charge in [-0.15, -0.1) is 0 Å². The normalized spacial score (nSPS) is 11.3. The van der Waals surface area contributed by atoms with E-state index < -0.39 is 0 Å². The quantitative estimate of drug-likeness (QED) is 0.324. The summed E-state index contributed by atoms with van der Waals surface area (Å²) >= 11 is 0. The van der Waals surface area contributed by atoms with Crippen molar-refractivity contribution in [2.24, 2.45) is 4.99 Å². The van der Waals surface area contributed by atoms with E-state index in [2.05, 4.69) is 20.9 Å². The Bertz CT molecular complexity index is 446. The molecule has 1 aromatic rings. The van der Waals surface area contributed by atoms with Crippen LogP contribution >= 0.6 is 0 Å². The van der Waals surface area contributed by atoms with Crippen LogP contribution in [0, 0.1) is 0 Å². The summed E-state index contributed by atoms with van der Waals surface area (Å²) in [6, 6.07) is 3.61. The summed E-state index contributed by atoms with van der Waals surface area (Å²) in [6.07, 6.45) is 3.58. The number of ether oxygens (including phenoxy) is 1. The lowest BCUT2D eigenvalue weighted by molar-refractivity contribution is -0.119. The van der Waals surface area contributed by atoms with Crippen molar-refractivity contribution in [3.63, 3.8) is 0 Å². The van der Waals surface area contributed by atoms with Crippen LogP contribution in [0.4, 0.5) is 0 Å². The van der Waals surface area contributed by atoms with Gasteiger partial charge in [0.25, 0.3) is 0 Å². The Labute approximate surface area is 137 Å². The molecule has 0 radical (unpaired) electrons. The molecule has 23 heavy (non-hydrogen) atoms. The van der Waals surface area contributed by atoms with Crippen LogP contribution in [-0.2, 0) is 16.1 Å². The van der Waals surface area contributed by atoms with Gasteiger partial charge in [0.2, 0.25) is 5.91 Å². The Morgan fingerprint density at radius 2 is 2.13 bits per heavy atom. The minimum absolute atomic E-state index is 0.0784. The first-order valence-corrected chi connectivity index (χ1v) is 8.15. The van der Waals surface area contributed by atoms with Crippen LogP contribution in [-0.4, -0.2) is 44.7 Å². The summed E-state index contributed by atoms with van der Waals surface area (Å²) in [5.74, 6) is 1.23. The van der Waals surface area contributed by atoms with Gasteiger partial charge in [0.15, 0.2) is 5.96 Å². The van der Waals surface area contributed by atoms with Gasteiger partial charge in [-0.1, -0.05) is 0 Å². The molecular formula is C16H28N4O3. The van der Waals surface area contributed by atoms with Crippen molar-refractivity contribution in [1.82, 2.24) is 16.0 Å². The summed E-state index contributed by atoms with van der Waals surface area (Å²) in [4.78, 5) is 16.0. The average Bonchev–Trinajstić information content (AvgIpc) is 3.07. The molecule has 0 aliphatic carbocycles. The van der Waals surface area contributed by atoms with Gasteiger partial charge < -0.3 is 25.1 Å². The molecule has 7 nitrogen and oxygen atoms in total. The van der Waals surface area contributed by atoms with Crippen LogP contribution < -0.4 is 16.0 Å². The van der Waals surface area contributed by atoms with Crippen LogP contribution in [0.1, 0.15) is 32.4 Å². The van der Waals surface area contributed by atoms with Crippen molar-refractivity contribution in [2.45, 2.75) is 33.2 Å². The lowest BCUT2D eigenvalue weighted by Crippen LogP contribution is -2.39. The number of carbonyl (C=O) groups excluding carboxylic acids is 1. The fourth-order valence-corrected chi connectivity index (χ4v) is 1.83. The molecule has 130 valence electrons. The largest absolute Gasteiger partial charge is 0.467 e. The molecule has 0 bridgehead atoms.